The predicted octanol–water partition coefficient (Wildman–Crippen LogP) is 2.17. The van der Waals surface area contributed by atoms with Crippen LogP contribution in [0.25, 0.3) is 0 Å². The van der Waals surface area contributed by atoms with Crippen LogP contribution in [0.4, 0.5) is 0 Å². The standard InChI is InChI=1S/C12H11NOP/c1-10-6-5-9-13-12(10)15(14)11-7-3-2-4-8-11/h2-9H,1H3/q+1. The molecule has 1 atom stereocenters. The Balaban J connectivity index is 2.42. The van der Waals surface area contributed by atoms with Gasteiger partial charge < -0.3 is 0 Å². The van der Waals surface area contributed by atoms with E-state index in [4.69, 9.17) is 0 Å². The van der Waals surface area contributed by atoms with E-state index in [1.54, 1.807) is 6.20 Å². The van der Waals surface area contributed by atoms with Crippen molar-refractivity contribution in [1.82, 2.24) is 4.98 Å². The van der Waals surface area contributed by atoms with Gasteiger partial charge in [0, 0.05) is 11.8 Å². The second kappa shape index (κ2) is 4.33. The average molecular weight is 216 g/mol. The highest BCUT2D eigenvalue weighted by Gasteiger charge is 2.26. The Morgan fingerprint density at radius 2 is 1.80 bits per heavy atom. The van der Waals surface area contributed by atoms with E-state index in [2.05, 4.69) is 4.98 Å². The zero-order chi connectivity index (χ0) is 10.7. The first-order chi connectivity index (χ1) is 7.29. The van der Waals surface area contributed by atoms with Gasteiger partial charge in [-0.25, -0.2) is 4.98 Å². The van der Waals surface area contributed by atoms with Crippen molar-refractivity contribution in [1.29, 1.82) is 0 Å². The molecule has 0 saturated heterocycles. The number of pyridine rings is 1. The van der Waals surface area contributed by atoms with Crippen LogP contribution in [0.5, 0.6) is 0 Å². The number of aryl methyl sites for hydroxylation is 1. The molecule has 1 unspecified atom stereocenters. The smallest absolute Gasteiger partial charge is 0.212 e. The van der Waals surface area contributed by atoms with E-state index in [0.717, 1.165) is 10.9 Å². The topological polar surface area (TPSA) is 30.0 Å². The number of rotatable bonds is 2. The molecule has 0 amide bonds. The summed E-state index contributed by atoms with van der Waals surface area (Å²) in [5.41, 5.74) is 1.65. The van der Waals surface area contributed by atoms with Gasteiger partial charge in [0.15, 0.2) is 5.30 Å². The van der Waals surface area contributed by atoms with Crippen molar-refractivity contribution in [2.75, 3.05) is 0 Å². The molecule has 74 valence electrons. The van der Waals surface area contributed by atoms with Crippen LogP contribution in [-0.4, -0.2) is 4.98 Å². The molecule has 0 bridgehead atoms. The summed E-state index contributed by atoms with van der Waals surface area (Å²) in [7, 11) is -1.55. The number of hydrogen-bond acceptors (Lipinski definition) is 2. The quantitative estimate of drug-likeness (QED) is 0.720. The largest absolute Gasteiger partial charge is 0.435 e. The molecule has 0 aliphatic carbocycles. The van der Waals surface area contributed by atoms with Crippen LogP contribution in [0.3, 0.4) is 0 Å². The number of hydrogen-bond donors (Lipinski definition) is 0. The lowest BCUT2D eigenvalue weighted by Gasteiger charge is -1.92. The number of aromatic nitrogens is 1. The fourth-order valence-electron chi connectivity index (χ4n) is 1.38. The van der Waals surface area contributed by atoms with Gasteiger partial charge >= 0.3 is 7.80 Å². The second-order valence-corrected chi connectivity index (χ2v) is 4.80. The van der Waals surface area contributed by atoms with Gasteiger partial charge in [0.05, 0.1) is 0 Å². The highest BCUT2D eigenvalue weighted by Crippen LogP contribution is 2.19. The predicted molar refractivity (Wildman–Crippen MR) is 62.3 cm³/mol. The third kappa shape index (κ3) is 2.11. The second-order valence-electron chi connectivity index (χ2n) is 3.27. The van der Waals surface area contributed by atoms with Crippen molar-refractivity contribution >= 4 is 18.5 Å². The molecule has 2 aromatic rings. The van der Waals surface area contributed by atoms with Crippen LogP contribution in [0.2, 0.25) is 0 Å². The average Bonchev–Trinajstić information content (AvgIpc) is 2.30. The van der Waals surface area contributed by atoms with Gasteiger partial charge in [-0.2, -0.15) is 0 Å². The number of nitrogens with zero attached hydrogens (tertiary/aromatic N) is 1. The maximum absolute atomic E-state index is 12.2. The van der Waals surface area contributed by atoms with E-state index in [-0.39, 0.29) is 0 Å². The fourth-order valence-corrected chi connectivity index (χ4v) is 2.63. The minimum absolute atomic E-state index is 0.679. The SMILES string of the molecule is Cc1cccnc1[P+](=O)c1ccccc1. The summed E-state index contributed by atoms with van der Waals surface area (Å²) in [6, 6.07) is 13.2. The first kappa shape index (κ1) is 10.0. The Morgan fingerprint density at radius 3 is 2.47 bits per heavy atom. The van der Waals surface area contributed by atoms with Crippen molar-refractivity contribution in [3.05, 3.63) is 54.2 Å². The molecule has 0 aliphatic heterocycles. The van der Waals surface area contributed by atoms with Crippen LogP contribution in [0.15, 0.2) is 48.7 Å². The lowest BCUT2D eigenvalue weighted by molar-refractivity contribution is 0.597. The molecule has 2 nitrogen and oxygen atoms in total. The van der Waals surface area contributed by atoms with Crippen LogP contribution >= 0.6 is 7.80 Å². The molecule has 1 aromatic carbocycles. The Kier molecular flexibility index (Phi) is 2.89. The summed E-state index contributed by atoms with van der Waals surface area (Å²) in [6.07, 6.45) is 1.68. The molecule has 0 radical (unpaired) electrons. The van der Waals surface area contributed by atoms with E-state index >= 15 is 0 Å². The highest BCUT2D eigenvalue weighted by molar-refractivity contribution is 7.61. The Hall–Kier alpha value is -1.53. The van der Waals surface area contributed by atoms with E-state index in [9.17, 15) is 4.57 Å². The summed E-state index contributed by atoms with van der Waals surface area (Å²) in [5.74, 6) is 0. The van der Waals surface area contributed by atoms with Gasteiger partial charge in [0.2, 0.25) is 0 Å². The van der Waals surface area contributed by atoms with Gasteiger partial charge in [-0.3, -0.25) is 0 Å². The molecule has 0 N–H and O–H groups in total. The zero-order valence-electron chi connectivity index (χ0n) is 8.42. The van der Waals surface area contributed by atoms with E-state index in [0.29, 0.717) is 5.44 Å². The first-order valence-corrected chi connectivity index (χ1v) is 5.99. The monoisotopic (exact) mass is 216 g/mol. The number of benzene rings is 1. The van der Waals surface area contributed by atoms with Crippen LogP contribution in [-0.2, 0) is 4.57 Å². The molecular weight excluding hydrogens is 205 g/mol. The van der Waals surface area contributed by atoms with Crippen molar-refractivity contribution in [2.45, 2.75) is 6.92 Å². The molecule has 0 spiro atoms. The van der Waals surface area contributed by atoms with Crippen molar-refractivity contribution < 1.29 is 4.57 Å². The molecule has 0 aliphatic rings. The van der Waals surface area contributed by atoms with Crippen molar-refractivity contribution in [3.63, 3.8) is 0 Å². The lowest BCUT2D eigenvalue weighted by Crippen LogP contribution is -2.12. The maximum atomic E-state index is 12.2. The molecule has 3 heteroatoms. The fraction of sp³-hybridized carbons (Fsp3) is 0.0833. The molecule has 0 saturated carbocycles. The zero-order valence-corrected chi connectivity index (χ0v) is 9.32. The normalized spacial score (nSPS) is 11.1. The molecule has 15 heavy (non-hydrogen) atoms. The molecule has 1 aromatic heterocycles. The summed E-state index contributed by atoms with van der Waals surface area (Å²) in [4.78, 5) is 4.17. The van der Waals surface area contributed by atoms with E-state index in [1.807, 2.05) is 49.4 Å². The van der Waals surface area contributed by atoms with Crippen LogP contribution in [0, 0.1) is 6.92 Å². The molecule has 0 fully saturated rings. The van der Waals surface area contributed by atoms with Crippen LogP contribution < -0.4 is 10.7 Å². The van der Waals surface area contributed by atoms with Crippen molar-refractivity contribution in [3.8, 4) is 0 Å². The van der Waals surface area contributed by atoms with Crippen molar-refractivity contribution in [2.24, 2.45) is 0 Å². The van der Waals surface area contributed by atoms with Crippen LogP contribution in [0.1, 0.15) is 5.56 Å². The summed E-state index contributed by atoms with van der Waals surface area (Å²) < 4.78 is 12.2. The summed E-state index contributed by atoms with van der Waals surface area (Å²) in [5, 5.41) is 0.828. The Labute approximate surface area is 89.8 Å². The summed E-state index contributed by atoms with van der Waals surface area (Å²) in [6.45, 7) is 1.93. The van der Waals surface area contributed by atoms with Gasteiger partial charge in [-0.15, -0.1) is 0 Å². The third-order valence-electron chi connectivity index (χ3n) is 2.16. The van der Waals surface area contributed by atoms with Gasteiger partial charge in [-0.05, 0) is 25.1 Å². The highest BCUT2D eigenvalue weighted by atomic mass is 31.1. The maximum Gasteiger partial charge on any atom is 0.435 e. The molecule has 2 rings (SSSR count). The van der Waals surface area contributed by atoms with Gasteiger partial charge in [-0.1, -0.05) is 28.8 Å². The third-order valence-corrected chi connectivity index (χ3v) is 3.78. The molecule has 1 heterocycles. The molecular formula is C12H11NOP+. The van der Waals surface area contributed by atoms with Gasteiger partial charge in [0.25, 0.3) is 5.44 Å². The van der Waals surface area contributed by atoms with E-state index in [1.165, 1.54) is 0 Å². The summed E-state index contributed by atoms with van der Waals surface area (Å²) >= 11 is 0. The lowest BCUT2D eigenvalue weighted by atomic mass is 10.3. The Morgan fingerprint density at radius 1 is 1.07 bits per heavy atom. The Bertz CT molecular complexity index is 482. The van der Waals surface area contributed by atoms with E-state index < -0.39 is 7.80 Å². The van der Waals surface area contributed by atoms with Gasteiger partial charge in [0.1, 0.15) is 0 Å². The minimum atomic E-state index is -1.55. The first-order valence-electron chi connectivity index (χ1n) is 4.73. The minimum Gasteiger partial charge on any atom is -0.212 e.